The van der Waals surface area contributed by atoms with Crippen LogP contribution in [-0.2, 0) is 14.3 Å². The molecule has 0 aromatic heterocycles. The van der Waals surface area contributed by atoms with Gasteiger partial charge in [0.25, 0.3) is 0 Å². The van der Waals surface area contributed by atoms with Gasteiger partial charge in [0, 0.05) is 13.3 Å². The monoisotopic (exact) mass is 360 g/mol. The quantitative estimate of drug-likeness (QED) is 0.513. The number of hydrogen-bond donors (Lipinski definition) is 0. The molecule has 0 aromatic carbocycles. The molecule has 0 saturated heterocycles. The van der Waals surface area contributed by atoms with Crippen LogP contribution >= 0.6 is 0 Å². The molecule has 0 aromatic rings. The van der Waals surface area contributed by atoms with E-state index in [0.29, 0.717) is 35.2 Å². The molecule has 2 bridgehead atoms. The lowest BCUT2D eigenvalue weighted by atomic mass is 9.40. The Morgan fingerprint density at radius 3 is 2.62 bits per heavy atom. The number of carbonyl (C=O) groups excluding carboxylic acids is 2. The highest BCUT2D eigenvalue weighted by molar-refractivity contribution is 5.65. The van der Waals surface area contributed by atoms with E-state index in [4.69, 9.17) is 4.74 Å². The number of carbonyl (C=O) groups is 2. The number of esters is 1. The first-order valence-electron chi connectivity index (χ1n) is 10.9. The van der Waals surface area contributed by atoms with Crippen molar-refractivity contribution in [2.75, 3.05) is 6.61 Å². The largest absolute Gasteiger partial charge is 0.466 e. The molecule has 4 saturated carbocycles. The van der Waals surface area contributed by atoms with Gasteiger partial charge < -0.3 is 9.53 Å². The molecule has 3 heteroatoms. The van der Waals surface area contributed by atoms with Gasteiger partial charge in [-0.1, -0.05) is 20.3 Å². The molecule has 0 heterocycles. The van der Waals surface area contributed by atoms with E-state index in [9.17, 15) is 9.59 Å². The first-order valence-corrected chi connectivity index (χ1v) is 10.9. The third-order valence-electron chi connectivity index (χ3n) is 9.26. The average molecular weight is 361 g/mol. The lowest BCUT2D eigenvalue weighted by Crippen LogP contribution is -2.57. The summed E-state index contributed by atoms with van der Waals surface area (Å²) in [5.41, 5.74) is 1.03. The number of hydrogen-bond acceptors (Lipinski definition) is 3. The summed E-state index contributed by atoms with van der Waals surface area (Å²) in [6.07, 6.45) is 13.6. The molecular formula is C23H36O3. The highest BCUT2D eigenvalue weighted by Gasteiger charge is 2.65. The lowest BCUT2D eigenvalue weighted by Gasteiger charge is -2.64. The predicted molar refractivity (Wildman–Crippen MR) is 101 cm³/mol. The number of aldehydes is 1. The van der Waals surface area contributed by atoms with Gasteiger partial charge in [-0.15, -0.1) is 0 Å². The molecule has 1 spiro atoms. The maximum absolute atomic E-state index is 11.8. The lowest BCUT2D eigenvalue weighted by molar-refractivity contribution is -0.160. The Bertz CT molecular complexity index is 582. The molecule has 4 rings (SSSR count). The number of ether oxygens (including phenoxy) is 1. The van der Waals surface area contributed by atoms with Crippen LogP contribution in [0.4, 0.5) is 0 Å². The summed E-state index contributed by atoms with van der Waals surface area (Å²) in [4.78, 5) is 23.1. The fourth-order valence-corrected chi connectivity index (χ4v) is 8.53. The first-order chi connectivity index (χ1) is 12.3. The summed E-state index contributed by atoms with van der Waals surface area (Å²) in [5.74, 6) is 2.54. The van der Waals surface area contributed by atoms with Crippen LogP contribution in [0.1, 0.15) is 85.0 Å². The second-order valence-corrected chi connectivity index (χ2v) is 10.8. The minimum absolute atomic E-state index is 0.143. The zero-order valence-electron chi connectivity index (χ0n) is 16.9. The van der Waals surface area contributed by atoms with Gasteiger partial charge in [-0.2, -0.15) is 0 Å². The van der Waals surface area contributed by atoms with Gasteiger partial charge in [0.1, 0.15) is 6.29 Å². The fourth-order valence-electron chi connectivity index (χ4n) is 8.53. The average Bonchev–Trinajstić information content (AvgIpc) is 2.83. The topological polar surface area (TPSA) is 43.4 Å². The molecule has 6 atom stereocenters. The van der Waals surface area contributed by atoms with Gasteiger partial charge in [0.2, 0.25) is 0 Å². The van der Waals surface area contributed by atoms with Crippen molar-refractivity contribution in [3.8, 4) is 0 Å². The SMILES string of the molecule is CC(=O)OC[C@@H]1C[C@@]23CC[C@H]4C(C)(C)CCC[C@@]4(CC=O)[C@@H]2CC[C@H]1C3. The van der Waals surface area contributed by atoms with Crippen LogP contribution in [-0.4, -0.2) is 18.9 Å². The Balaban J connectivity index is 1.64. The molecule has 0 radical (unpaired) electrons. The molecule has 0 unspecified atom stereocenters. The maximum atomic E-state index is 11.8. The van der Waals surface area contributed by atoms with E-state index < -0.39 is 0 Å². The van der Waals surface area contributed by atoms with Crippen LogP contribution in [0, 0.1) is 39.9 Å². The van der Waals surface area contributed by atoms with Gasteiger partial charge in [0.05, 0.1) is 6.61 Å². The Morgan fingerprint density at radius 2 is 1.88 bits per heavy atom. The molecule has 4 aliphatic carbocycles. The zero-order valence-corrected chi connectivity index (χ0v) is 16.9. The highest BCUT2D eigenvalue weighted by atomic mass is 16.5. The van der Waals surface area contributed by atoms with Crippen molar-refractivity contribution >= 4 is 12.3 Å². The van der Waals surface area contributed by atoms with E-state index in [-0.39, 0.29) is 11.4 Å². The summed E-state index contributed by atoms with van der Waals surface area (Å²) in [6.45, 7) is 7.05. The molecule has 4 aliphatic rings. The minimum Gasteiger partial charge on any atom is -0.466 e. The van der Waals surface area contributed by atoms with E-state index >= 15 is 0 Å². The van der Waals surface area contributed by atoms with E-state index in [1.165, 1.54) is 71.0 Å². The smallest absolute Gasteiger partial charge is 0.302 e. The Kier molecular flexibility index (Phi) is 4.51. The van der Waals surface area contributed by atoms with Crippen molar-refractivity contribution in [2.24, 2.45) is 39.9 Å². The van der Waals surface area contributed by atoms with Crippen molar-refractivity contribution in [1.82, 2.24) is 0 Å². The number of rotatable bonds is 4. The molecule has 0 amide bonds. The van der Waals surface area contributed by atoms with Crippen molar-refractivity contribution in [1.29, 1.82) is 0 Å². The molecule has 4 fully saturated rings. The Labute approximate surface area is 158 Å². The minimum atomic E-state index is -0.143. The summed E-state index contributed by atoms with van der Waals surface area (Å²) < 4.78 is 5.43. The van der Waals surface area contributed by atoms with Gasteiger partial charge in [0.15, 0.2) is 0 Å². The van der Waals surface area contributed by atoms with Crippen molar-refractivity contribution in [2.45, 2.75) is 85.0 Å². The Hall–Kier alpha value is -0.860. The normalized spacial score (nSPS) is 46.1. The van der Waals surface area contributed by atoms with Crippen LogP contribution < -0.4 is 0 Å². The van der Waals surface area contributed by atoms with E-state index in [1.807, 2.05) is 0 Å². The molecule has 26 heavy (non-hydrogen) atoms. The summed E-state index contributed by atoms with van der Waals surface area (Å²) in [6, 6.07) is 0. The van der Waals surface area contributed by atoms with Gasteiger partial charge >= 0.3 is 5.97 Å². The third-order valence-corrected chi connectivity index (χ3v) is 9.26. The van der Waals surface area contributed by atoms with Crippen LogP contribution in [0.3, 0.4) is 0 Å². The standard InChI is InChI=1S/C23H36O3/c1-16(25)26-15-18-14-22-10-7-19-21(2,3)8-4-9-23(19,11-12-24)20(22)6-5-17(18)13-22/h12,17-20H,4-11,13-15H2,1-3H3/t17-,18-,19-,20+,22-,23-/m0/s1. The second kappa shape index (κ2) is 6.34. The van der Waals surface area contributed by atoms with E-state index in [2.05, 4.69) is 13.8 Å². The van der Waals surface area contributed by atoms with Crippen LogP contribution in [0.25, 0.3) is 0 Å². The van der Waals surface area contributed by atoms with Crippen LogP contribution in [0.15, 0.2) is 0 Å². The second-order valence-electron chi connectivity index (χ2n) is 10.8. The maximum Gasteiger partial charge on any atom is 0.302 e. The van der Waals surface area contributed by atoms with Gasteiger partial charge in [-0.05, 0) is 91.3 Å². The summed E-state index contributed by atoms with van der Waals surface area (Å²) in [5, 5.41) is 0. The highest BCUT2D eigenvalue weighted by Crippen LogP contribution is 2.73. The Morgan fingerprint density at radius 1 is 1.08 bits per heavy atom. The summed E-state index contributed by atoms with van der Waals surface area (Å²) >= 11 is 0. The first kappa shape index (κ1) is 18.5. The van der Waals surface area contributed by atoms with Crippen LogP contribution in [0.2, 0.25) is 0 Å². The van der Waals surface area contributed by atoms with Crippen molar-refractivity contribution < 1.29 is 14.3 Å². The van der Waals surface area contributed by atoms with Gasteiger partial charge in [-0.25, -0.2) is 0 Å². The predicted octanol–water partition coefficient (Wildman–Crippen LogP) is 5.17. The van der Waals surface area contributed by atoms with E-state index in [0.717, 1.165) is 12.3 Å². The van der Waals surface area contributed by atoms with E-state index in [1.54, 1.807) is 0 Å². The van der Waals surface area contributed by atoms with Crippen LogP contribution in [0.5, 0.6) is 0 Å². The molecular weight excluding hydrogens is 324 g/mol. The van der Waals surface area contributed by atoms with Gasteiger partial charge in [-0.3, -0.25) is 4.79 Å². The van der Waals surface area contributed by atoms with Crippen molar-refractivity contribution in [3.63, 3.8) is 0 Å². The molecule has 146 valence electrons. The molecule has 3 nitrogen and oxygen atoms in total. The fraction of sp³-hybridized carbons (Fsp3) is 0.913. The molecule has 0 N–H and O–H groups in total. The zero-order chi connectivity index (χ0) is 18.6. The van der Waals surface area contributed by atoms with Crippen molar-refractivity contribution in [3.05, 3.63) is 0 Å². The summed E-state index contributed by atoms with van der Waals surface area (Å²) in [7, 11) is 0. The molecule has 0 aliphatic heterocycles. The number of fused-ring (bicyclic) bond motifs is 3. The third kappa shape index (κ3) is 2.67.